The van der Waals surface area contributed by atoms with Crippen LogP contribution in [0.2, 0.25) is 0 Å². The molecule has 2 rings (SSSR count). The van der Waals surface area contributed by atoms with Gasteiger partial charge in [-0.25, -0.2) is 4.79 Å². The highest BCUT2D eigenvalue weighted by Gasteiger charge is 2.38. The Morgan fingerprint density at radius 1 is 1.06 bits per heavy atom. The van der Waals surface area contributed by atoms with Gasteiger partial charge in [-0.05, 0) is 49.6 Å². The average molecular weight is 476 g/mol. The van der Waals surface area contributed by atoms with Gasteiger partial charge in [-0.2, -0.15) is 0 Å². The van der Waals surface area contributed by atoms with E-state index in [1.165, 1.54) is 31.1 Å². The molecule has 0 aromatic heterocycles. The minimum absolute atomic E-state index is 0.0266. The molecule has 0 fully saturated rings. The highest BCUT2D eigenvalue weighted by atomic mass is 16.5. The summed E-state index contributed by atoms with van der Waals surface area (Å²) in [6.45, 7) is 6.50. The maximum Gasteiger partial charge on any atom is 0.408 e. The van der Waals surface area contributed by atoms with E-state index in [0.717, 1.165) is 5.56 Å². The van der Waals surface area contributed by atoms with Crippen LogP contribution in [0.5, 0.6) is 5.75 Å². The second kappa shape index (κ2) is 12.6. The van der Waals surface area contributed by atoms with Crippen molar-refractivity contribution in [3.63, 3.8) is 0 Å². The van der Waals surface area contributed by atoms with Crippen LogP contribution in [0, 0.1) is 5.92 Å². The molecule has 3 atom stereocenters. The Morgan fingerprint density at radius 2 is 1.74 bits per heavy atom. The molecule has 0 bridgehead atoms. The first kappa shape index (κ1) is 26.7. The number of hydrogen-bond acceptors (Lipinski definition) is 7. The van der Waals surface area contributed by atoms with Crippen molar-refractivity contribution in [2.45, 2.75) is 45.8 Å². The number of benzene rings is 1. The van der Waals surface area contributed by atoms with Gasteiger partial charge < -0.3 is 29.7 Å². The van der Waals surface area contributed by atoms with Gasteiger partial charge in [0.2, 0.25) is 11.8 Å². The summed E-state index contributed by atoms with van der Waals surface area (Å²) in [4.78, 5) is 52.4. The quantitative estimate of drug-likeness (QED) is 0.504. The fourth-order valence-electron chi connectivity index (χ4n) is 3.60. The molecule has 1 heterocycles. The summed E-state index contributed by atoms with van der Waals surface area (Å²) in [6, 6.07) is 4.70. The lowest BCUT2D eigenvalue weighted by molar-refractivity contribution is -0.148. The first-order valence-electron chi connectivity index (χ1n) is 11.1. The van der Waals surface area contributed by atoms with Gasteiger partial charge in [-0.15, -0.1) is 0 Å². The standard InChI is InChI=1S/C24H33N3O7/c1-15(2)21-22(29)25-14-20(28)33-11-6-7-12-34-24(31)26-16(3)23(30)27(21)17(4)18-9-8-10-19(13-18)32-5/h6-10,13,15-17,21H,11-12,14H2,1-5H3,(H,25,29)(H,26,31)/b7-6+/t16-,17-,21-/m0/s1. The topological polar surface area (TPSA) is 123 Å². The second-order valence-corrected chi connectivity index (χ2v) is 8.22. The molecule has 1 aromatic rings. The molecule has 0 saturated heterocycles. The van der Waals surface area contributed by atoms with E-state index in [4.69, 9.17) is 14.2 Å². The third-order valence-electron chi connectivity index (χ3n) is 5.38. The molecule has 10 nitrogen and oxygen atoms in total. The number of rotatable bonds is 4. The zero-order valence-corrected chi connectivity index (χ0v) is 20.2. The fourth-order valence-corrected chi connectivity index (χ4v) is 3.60. The van der Waals surface area contributed by atoms with Crippen LogP contribution in [-0.4, -0.2) is 67.7 Å². The molecule has 0 saturated carbocycles. The molecule has 0 unspecified atom stereocenters. The van der Waals surface area contributed by atoms with Crippen molar-refractivity contribution in [2.24, 2.45) is 5.92 Å². The van der Waals surface area contributed by atoms with Crippen molar-refractivity contribution < 1.29 is 33.4 Å². The number of hydrogen-bond donors (Lipinski definition) is 2. The molecule has 34 heavy (non-hydrogen) atoms. The summed E-state index contributed by atoms with van der Waals surface area (Å²) in [5.41, 5.74) is 0.736. The van der Waals surface area contributed by atoms with E-state index < -0.39 is 42.0 Å². The molecule has 0 spiro atoms. The van der Waals surface area contributed by atoms with Crippen molar-refractivity contribution in [1.82, 2.24) is 15.5 Å². The maximum absolute atomic E-state index is 13.6. The number of methoxy groups -OCH3 is 1. The first-order valence-corrected chi connectivity index (χ1v) is 11.1. The number of carbonyl (C=O) groups excluding carboxylic acids is 4. The molecule has 0 radical (unpaired) electrons. The summed E-state index contributed by atoms with van der Waals surface area (Å²) >= 11 is 0. The summed E-state index contributed by atoms with van der Waals surface area (Å²) in [7, 11) is 1.54. The average Bonchev–Trinajstić information content (AvgIpc) is 2.81. The molecule has 1 aliphatic heterocycles. The Hall–Kier alpha value is -3.56. The molecule has 2 N–H and O–H groups in total. The van der Waals surface area contributed by atoms with E-state index in [-0.39, 0.29) is 25.7 Å². The van der Waals surface area contributed by atoms with Crippen LogP contribution in [0.4, 0.5) is 4.79 Å². The minimum atomic E-state index is -0.976. The monoisotopic (exact) mass is 475 g/mol. The largest absolute Gasteiger partial charge is 0.497 e. The second-order valence-electron chi connectivity index (χ2n) is 8.22. The number of alkyl carbamates (subject to hydrolysis) is 1. The highest BCUT2D eigenvalue weighted by Crippen LogP contribution is 2.29. The number of nitrogens with one attached hydrogen (secondary N) is 2. The molecule has 10 heteroatoms. The van der Waals surface area contributed by atoms with E-state index in [0.29, 0.717) is 5.75 Å². The van der Waals surface area contributed by atoms with E-state index in [2.05, 4.69) is 10.6 Å². The summed E-state index contributed by atoms with van der Waals surface area (Å²) < 4.78 is 15.4. The molecule has 1 aromatic carbocycles. The van der Waals surface area contributed by atoms with Gasteiger partial charge in [0, 0.05) is 0 Å². The van der Waals surface area contributed by atoms with Crippen molar-refractivity contribution >= 4 is 23.9 Å². The molecule has 1 aliphatic rings. The molecular weight excluding hydrogens is 442 g/mol. The summed E-state index contributed by atoms with van der Waals surface area (Å²) in [5.74, 6) is -1.33. The van der Waals surface area contributed by atoms with Crippen LogP contribution in [-0.2, 0) is 23.9 Å². The molecular formula is C24H33N3O7. The summed E-state index contributed by atoms with van der Waals surface area (Å²) in [5, 5.41) is 5.10. The van der Waals surface area contributed by atoms with Crippen LogP contribution >= 0.6 is 0 Å². The van der Waals surface area contributed by atoms with Crippen molar-refractivity contribution in [3.05, 3.63) is 42.0 Å². The van der Waals surface area contributed by atoms with Gasteiger partial charge in [0.25, 0.3) is 0 Å². The zero-order valence-electron chi connectivity index (χ0n) is 20.2. The van der Waals surface area contributed by atoms with Gasteiger partial charge in [-0.1, -0.05) is 26.0 Å². The van der Waals surface area contributed by atoms with Crippen molar-refractivity contribution in [1.29, 1.82) is 0 Å². The van der Waals surface area contributed by atoms with E-state index >= 15 is 0 Å². The number of esters is 1. The number of cyclic esters (lactones) is 2. The lowest BCUT2D eigenvalue weighted by atomic mass is 9.96. The van der Waals surface area contributed by atoms with Gasteiger partial charge in [0.15, 0.2) is 0 Å². The Morgan fingerprint density at radius 3 is 2.38 bits per heavy atom. The predicted octanol–water partition coefficient (Wildman–Crippen LogP) is 1.95. The van der Waals surface area contributed by atoms with Crippen LogP contribution < -0.4 is 15.4 Å². The van der Waals surface area contributed by atoms with E-state index in [9.17, 15) is 19.2 Å². The SMILES string of the molecule is COc1cccc([C@H](C)N2C(=O)[C@H](C)NC(=O)OC/C=C/COC(=O)CNC(=O)[C@@H]2C(C)C)c1. The van der Waals surface area contributed by atoms with Crippen molar-refractivity contribution in [3.8, 4) is 5.75 Å². The molecule has 186 valence electrons. The number of ether oxygens (including phenoxy) is 3. The van der Waals surface area contributed by atoms with Crippen LogP contribution in [0.1, 0.15) is 39.3 Å². The normalized spacial score (nSPS) is 22.8. The van der Waals surface area contributed by atoms with Crippen molar-refractivity contribution in [2.75, 3.05) is 26.9 Å². The third kappa shape index (κ3) is 7.23. The van der Waals surface area contributed by atoms with E-state index in [1.807, 2.05) is 6.07 Å². The van der Waals surface area contributed by atoms with Crippen LogP contribution in [0.25, 0.3) is 0 Å². The Balaban J connectivity index is 2.47. The highest BCUT2D eigenvalue weighted by molar-refractivity contribution is 5.92. The Bertz CT molecular complexity index is 916. The van der Waals surface area contributed by atoms with Crippen LogP contribution in [0.3, 0.4) is 0 Å². The van der Waals surface area contributed by atoms with Crippen LogP contribution in [0.15, 0.2) is 36.4 Å². The van der Waals surface area contributed by atoms with E-state index in [1.54, 1.807) is 39.0 Å². The van der Waals surface area contributed by atoms with Gasteiger partial charge in [0.1, 0.15) is 37.6 Å². The Labute approximate surface area is 199 Å². The minimum Gasteiger partial charge on any atom is -0.497 e. The number of amides is 3. The third-order valence-corrected chi connectivity index (χ3v) is 5.38. The Kier molecular flexibility index (Phi) is 9.91. The predicted molar refractivity (Wildman–Crippen MR) is 124 cm³/mol. The smallest absolute Gasteiger partial charge is 0.408 e. The van der Waals surface area contributed by atoms with Gasteiger partial charge in [-0.3, -0.25) is 14.4 Å². The lowest BCUT2D eigenvalue weighted by Gasteiger charge is -2.39. The fraction of sp³-hybridized carbons (Fsp3) is 0.500. The zero-order chi connectivity index (χ0) is 25.3. The molecule has 0 aliphatic carbocycles. The number of nitrogens with zero attached hydrogens (tertiary/aromatic N) is 1. The summed E-state index contributed by atoms with van der Waals surface area (Å²) in [6.07, 6.45) is 2.24. The maximum atomic E-state index is 13.6. The number of carbonyl (C=O) groups is 4. The van der Waals surface area contributed by atoms with Gasteiger partial charge >= 0.3 is 12.1 Å². The lowest BCUT2D eigenvalue weighted by Crippen LogP contribution is -2.58. The molecule has 3 amide bonds. The first-order chi connectivity index (χ1) is 16.1. The van der Waals surface area contributed by atoms with Gasteiger partial charge in [0.05, 0.1) is 13.2 Å².